The van der Waals surface area contributed by atoms with Crippen molar-refractivity contribution in [3.63, 3.8) is 0 Å². The quantitative estimate of drug-likeness (QED) is 0.258. The summed E-state index contributed by atoms with van der Waals surface area (Å²) in [7, 11) is 0. The van der Waals surface area contributed by atoms with Crippen molar-refractivity contribution in [1.82, 2.24) is 3.93 Å². The molecule has 2 N–H and O–H groups in total. The number of phenolic OH excluding ortho intramolecular Hbond substituents is 1. The fraction of sp³-hybridized carbons (Fsp3) is 0.222. The van der Waals surface area contributed by atoms with Gasteiger partial charge in [0.2, 0.25) is 5.91 Å². The molecule has 0 bridgehead atoms. The van der Waals surface area contributed by atoms with E-state index < -0.39 is 12.0 Å². The Labute approximate surface area is 231 Å². The average molecular weight is 912 g/mol. The number of rotatable bonds is 7. The number of amides is 1. The zero-order valence-electron chi connectivity index (χ0n) is 14.8. The summed E-state index contributed by atoms with van der Waals surface area (Å²) >= 11 is 11.5. The molecule has 0 unspecified atom stereocenters. The number of benzene rings is 2. The summed E-state index contributed by atoms with van der Waals surface area (Å²) in [6.45, 7) is 1.68. The molecule has 29 heavy (non-hydrogen) atoms. The van der Waals surface area contributed by atoms with E-state index in [4.69, 9.17) is 4.74 Å². The van der Waals surface area contributed by atoms with Crippen LogP contribution in [0.3, 0.4) is 0 Å². The molecule has 0 aromatic heterocycles. The van der Waals surface area contributed by atoms with Gasteiger partial charge in [-0.2, -0.15) is 0 Å². The monoisotopic (exact) mass is 911 g/mol. The van der Waals surface area contributed by atoms with Gasteiger partial charge in [0.15, 0.2) is 5.75 Å². The topological polar surface area (TPSA) is 87.1 Å². The number of phenols is 1. The van der Waals surface area contributed by atoms with Crippen molar-refractivity contribution in [2.45, 2.75) is 25.8 Å². The summed E-state index contributed by atoms with van der Waals surface area (Å²) in [4.78, 5) is 23.6. The van der Waals surface area contributed by atoms with E-state index in [2.05, 4.69) is 61.3 Å². The lowest BCUT2D eigenvalue weighted by Crippen LogP contribution is -2.39. The molecule has 11 heteroatoms. The number of carboxylic acids is 1. The minimum atomic E-state index is -1.08. The van der Waals surface area contributed by atoms with Crippen molar-refractivity contribution in [1.29, 1.82) is 0 Å². The second-order valence-electron chi connectivity index (χ2n) is 5.84. The van der Waals surface area contributed by atoms with Gasteiger partial charge in [0, 0.05) is 12.8 Å². The Morgan fingerprint density at radius 3 is 2.03 bits per heavy atom. The van der Waals surface area contributed by atoms with Crippen LogP contribution in [0.2, 0.25) is 0 Å². The first kappa shape index (κ1) is 25.6. The number of halogens is 5. The number of ether oxygens (including phenoxy) is 1. The zero-order chi connectivity index (χ0) is 21.9. The number of carbonyl (C=O) groups is 2. The molecule has 0 aliphatic rings. The van der Waals surface area contributed by atoms with E-state index >= 15 is 0 Å². The standard InChI is InChI=1S/C18H14BrI4NO5/c1-2-15(25)24(19)14(18(27)28)5-8-3-12(22)17(13(23)4-8)29-9-6-10(20)16(26)11(21)7-9/h3-4,6-7,14,26H,2,5H2,1H3,(H,27,28)/t14-/m0/s1. The Morgan fingerprint density at radius 2 is 1.59 bits per heavy atom. The van der Waals surface area contributed by atoms with Crippen molar-refractivity contribution >= 4 is 118 Å². The predicted molar refractivity (Wildman–Crippen MR) is 147 cm³/mol. The van der Waals surface area contributed by atoms with Crippen molar-refractivity contribution in [2.75, 3.05) is 0 Å². The number of carboxylic acid groups (broad SMARTS) is 1. The van der Waals surface area contributed by atoms with Crippen LogP contribution in [-0.4, -0.2) is 32.1 Å². The van der Waals surface area contributed by atoms with Crippen molar-refractivity contribution in [2.24, 2.45) is 0 Å². The molecule has 2 aromatic rings. The maximum absolute atomic E-state index is 11.9. The Kier molecular flexibility index (Phi) is 10.00. The SMILES string of the molecule is CCC(=O)N(Br)[C@@H](Cc1cc(I)c(Oc2cc(I)c(O)c(I)c2)c(I)c1)C(=O)O. The van der Waals surface area contributed by atoms with Gasteiger partial charge in [0.05, 0.1) is 30.4 Å². The lowest BCUT2D eigenvalue weighted by Gasteiger charge is -2.22. The van der Waals surface area contributed by atoms with Gasteiger partial charge in [-0.1, -0.05) is 6.92 Å². The number of carbonyl (C=O) groups excluding carboxylic acids is 1. The molecular weight excluding hydrogens is 898 g/mol. The first-order chi connectivity index (χ1) is 13.5. The van der Waals surface area contributed by atoms with Crippen LogP contribution in [0.4, 0.5) is 0 Å². The summed E-state index contributed by atoms with van der Waals surface area (Å²) in [5.41, 5.74) is 0.779. The predicted octanol–water partition coefficient (Wildman–Crippen LogP) is 6.15. The lowest BCUT2D eigenvalue weighted by atomic mass is 10.1. The molecule has 0 saturated heterocycles. The maximum atomic E-state index is 11.9. The van der Waals surface area contributed by atoms with E-state index in [0.29, 0.717) is 18.6 Å². The van der Waals surface area contributed by atoms with Gasteiger partial charge >= 0.3 is 5.97 Å². The Bertz CT molecular complexity index is 910. The second-order valence-corrected chi connectivity index (χ2v) is 11.3. The largest absolute Gasteiger partial charge is 0.506 e. The Balaban J connectivity index is 2.31. The average Bonchev–Trinajstić information content (AvgIpc) is 2.65. The van der Waals surface area contributed by atoms with Gasteiger partial charge < -0.3 is 14.9 Å². The maximum Gasteiger partial charge on any atom is 0.327 e. The highest BCUT2D eigenvalue weighted by Gasteiger charge is 2.28. The molecule has 0 heterocycles. The molecule has 6 nitrogen and oxygen atoms in total. The number of aromatic hydroxyl groups is 1. The Morgan fingerprint density at radius 1 is 1.07 bits per heavy atom. The normalized spacial score (nSPS) is 11.8. The molecule has 0 aliphatic carbocycles. The molecule has 1 atom stereocenters. The van der Waals surface area contributed by atoms with Crippen LogP contribution in [0.15, 0.2) is 24.3 Å². The zero-order valence-corrected chi connectivity index (χ0v) is 25.0. The third kappa shape index (κ3) is 6.68. The minimum Gasteiger partial charge on any atom is -0.506 e. The molecule has 0 radical (unpaired) electrons. The molecular formula is C18H14BrI4NO5. The second kappa shape index (κ2) is 11.3. The van der Waals surface area contributed by atoms with E-state index in [-0.39, 0.29) is 24.5 Å². The van der Waals surface area contributed by atoms with Crippen molar-refractivity contribution in [3.05, 3.63) is 44.1 Å². The van der Waals surface area contributed by atoms with Crippen LogP contribution in [-0.2, 0) is 16.0 Å². The number of hydrogen-bond acceptors (Lipinski definition) is 4. The van der Waals surface area contributed by atoms with Crippen LogP contribution in [0.25, 0.3) is 0 Å². The summed E-state index contributed by atoms with van der Waals surface area (Å²) in [5.74, 6) is 0.0997. The molecule has 0 spiro atoms. The van der Waals surface area contributed by atoms with Crippen LogP contribution in [0.5, 0.6) is 17.2 Å². The summed E-state index contributed by atoms with van der Waals surface area (Å²) in [5, 5.41) is 19.5. The van der Waals surface area contributed by atoms with E-state index in [1.54, 1.807) is 19.1 Å². The van der Waals surface area contributed by atoms with Gasteiger partial charge in [-0.25, -0.2) is 4.79 Å². The number of nitrogens with zero attached hydrogens (tertiary/aromatic N) is 1. The highest BCUT2D eigenvalue weighted by molar-refractivity contribution is 14.1. The van der Waals surface area contributed by atoms with Crippen molar-refractivity contribution < 1.29 is 24.5 Å². The van der Waals surface area contributed by atoms with Crippen LogP contribution >= 0.6 is 107 Å². The fourth-order valence-electron chi connectivity index (χ4n) is 2.36. The number of aliphatic carboxylic acids is 1. The molecule has 0 aliphatic heterocycles. The van der Waals surface area contributed by atoms with Gasteiger partial charge in [-0.3, -0.25) is 8.72 Å². The molecule has 156 valence electrons. The fourth-order valence-corrected chi connectivity index (χ4v) is 6.76. The van der Waals surface area contributed by atoms with E-state index in [9.17, 15) is 19.8 Å². The van der Waals surface area contributed by atoms with Gasteiger partial charge in [-0.15, -0.1) is 0 Å². The molecule has 1 amide bonds. The first-order valence-corrected chi connectivity index (χ1v) is 13.1. The minimum absolute atomic E-state index is 0.160. The summed E-state index contributed by atoms with van der Waals surface area (Å²) < 4.78 is 10.1. The summed E-state index contributed by atoms with van der Waals surface area (Å²) in [6.07, 6.45) is 0.370. The molecule has 2 rings (SSSR count). The van der Waals surface area contributed by atoms with Gasteiger partial charge in [0.25, 0.3) is 0 Å². The van der Waals surface area contributed by atoms with E-state index in [1.807, 2.05) is 57.3 Å². The van der Waals surface area contributed by atoms with Crippen LogP contribution < -0.4 is 4.74 Å². The van der Waals surface area contributed by atoms with Gasteiger partial charge in [0.1, 0.15) is 17.5 Å². The number of hydrogen-bond donors (Lipinski definition) is 2. The highest BCUT2D eigenvalue weighted by atomic mass is 127. The lowest BCUT2D eigenvalue weighted by molar-refractivity contribution is -0.145. The summed E-state index contributed by atoms with van der Waals surface area (Å²) in [6, 6.07) is 6.18. The van der Waals surface area contributed by atoms with E-state index in [0.717, 1.165) is 16.6 Å². The van der Waals surface area contributed by atoms with Crippen LogP contribution in [0, 0.1) is 14.3 Å². The molecule has 0 saturated carbocycles. The van der Waals surface area contributed by atoms with Crippen LogP contribution in [0.1, 0.15) is 18.9 Å². The van der Waals surface area contributed by atoms with E-state index in [1.165, 1.54) is 0 Å². The third-order valence-corrected chi connectivity index (χ3v) is 7.93. The first-order valence-electron chi connectivity index (χ1n) is 8.09. The molecule has 2 aromatic carbocycles. The highest BCUT2D eigenvalue weighted by Crippen LogP contribution is 2.37. The smallest absolute Gasteiger partial charge is 0.327 e. The Hall–Kier alpha value is 0.380. The molecule has 0 fully saturated rings. The van der Waals surface area contributed by atoms with Crippen molar-refractivity contribution in [3.8, 4) is 17.2 Å². The third-order valence-electron chi connectivity index (χ3n) is 3.80. The van der Waals surface area contributed by atoms with Gasteiger partial charge in [-0.05, 0) is 120 Å².